The smallest absolute Gasteiger partial charge is 0.255 e. The summed E-state index contributed by atoms with van der Waals surface area (Å²) >= 11 is 0. The quantitative estimate of drug-likeness (QED) is 0.720. The number of hydrogen-bond donors (Lipinski definition) is 1. The molecule has 7 nitrogen and oxygen atoms in total. The second-order valence-corrected chi connectivity index (χ2v) is 7.81. The maximum Gasteiger partial charge on any atom is 0.255 e. The van der Waals surface area contributed by atoms with Crippen LogP contribution < -0.4 is 10.5 Å². The summed E-state index contributed by atoms with van der Waals surface area (Å²) < 4.78 is 5.43. The Hall–Kier alpha value is -3.03. The molecule has 0 radical (unpaired) electrons. The number of benzene rings is 1. The van der Waals surface area contributed by atoms with Gasteiger partial charge < -0.3 is 14.6 Å². The van der Waals surface area contributed by atoms with E-state index in [9.17, 15) is 4.79 Å². The molecule has 30 heavy (non-hydrogen) atoms. The molecule has 4 heterocycles. The highest BCUT2D eigenvalue weighted by Gasteiger charge is 2.22. The molecule has 0 saturated carbocycles. The van der Waals surface area contributed by atoms with Gasteiger partial charge in [0.2, 0.25) is 0 Å². The molecule has 7 heteroatoms. The van der Waals surface area contributed by atoms with E-state index >= 15 is 0 Å². The van der Waals surface area contributed by atoms with Crippen LogP contribution in [-0.4, -0.2) is 52.7 Å². The van der Waals surface area contributed by atoms with Crippen molar-refractivity contribution in [1.82, 2.24) is 19.9 Å². The van der Waals surface area contributed by atoms with Crippen LogP contribution in [0.25, 0.3) is 11.4 Å². The zero-order valence-electron chi connectivity index (χ0n) is 16.9. The number of pyridine rings is 1. The summed E-state index contributed by atoms with van der Waals surface area (Å²) in [4.78, 5) is 29.1. The van der Waals surface area contributed by atoms with Gasteiger partial charge in [-0.1, -0.05) is 12.1 Å². The minimum atomic E-state index is -0.0498. The van der Waals surface area contributed by atoms with Gasteiger partial charge in [-0.05, 0) is 29.8 Å². The van der Waals surface area contributed by atoms with Gasteiger partial charge in [0.1, 0.15) is 5.82 Å². The molecule has 2 aliphatic rings. The van der Waals surface area contributed by atoms with E-state index in [1.54, 1.807) is 12.4 Å². The van der Waals surface area contributed by atoms with Gasteiger partial charge in [-0.2, -0.15) is 0 Å². The van der Waals surface area contributed by atoms with Crippen LogP contribution in [0.3, 0.4) is 0 Å². The predicted octanol–water partition coefficient (Wildman–Crippen LogP) is 2.23. The summed E-state index contributed by atoms with van der Waals surface area (Å²) in [5.41, 5.74) is 4.96. The Labute approximate surface area is 175 Å². The fourth-order valence-electron chi connectivity index (χ4n) is 4.15. The molecular weight excluding hydrogens is 378 g/mol. The third-order valence-electron chi connectivity index (χ3n) is 5.80. The highest BCUT2D eigenvalue weighted by Crippen LogP contribution is 2.21. The summed E-state index contributed by atoms with van der Waals surface area (Å²) in [6.07, 6.45) is 4.21. The summed E-state index contributed by atoms with van der Waals surface area (Å²) in [5.74, 6) is 0.596. The first kappa shape index (κ1) is 19.0. The Morgan fingerprint density at radius 2 is 1.90 bits per heavy atom. The van der Waals surface area contributed by atoms with Crippen LogP contribution in [0.2, 0.25) is 0 Å². The number of morpholine rings is 1. The maximum absolute atomic E-state index is 12.7. The fraction of sp³-hybridized carbons (Fsp3) is 0.348. The highest BCUT2D eigenvalue weighted by atomic mass is 16.5. The third kappa shape index (κ3) is 3.99. The largest absolute Gasteiger partial charge is 0.378 e. The van der Waals surface area contributed by atoms with Crippen molar-refractivity contribution in [3.05, 3.63) is 76.0 Å². The Kier molecular flexibility index (Phi) is 5.29. The molecule has 3 aromatic rings. The number of H-pyrrole nitrogens is 1. The molecule has 0 bridgehead atoms. The number of ether oxygens (including phenoxy) is 1. The van der Waals surface area contributed by atoms with Gasteiger partial charge >= 0.3 is 0 Å². The van der Waals surface area contributed by atoms with Gasteiger partial charge in [-0.15, -0.1) is 0 Å². The summed E-state index contributed by atoms with van der Waals surface area (Å²) in [5, 5.41) is 0. The Bertz CT molecular complexity index is 1060. The number of nitrogens with one attached hydrogen (secondary N) is 1. The van der Waals surface area contributed by atoms with Gasteiger partial charge in [-0.25, -0.2) is 4.98 Å². The lowest BCUT2D eigenvalue weighted by Crippen LogP contribution is -2.36. The van der Waals surface area contributed by atoms with Gasteiger partial charge in [-0.3, -0.25) is 14.7 Å². The van der Waals surface area contributed by atoms with Gasteiger partial charge in [0.25, 0.3) is 5.56 Å². The van der Waals surface area contributed by atoms with E-state index in [1.807, 2.05) is 12.1 Å². The molecule has 1 aromatic carbocycles. The minimum absolute atomic E-state index is 0.0498. The van der Waals surface area contributed by atoms with Crippen molar-refractivity contribution in [3.63, 3.8) is 0 Å². The molecule has 0 aliphatic carbocycles. The van der Waals surface area contributed by atoms with Crippen molar-refractivity contribution in [2.45, 2.75) is 19.5 Å². The first-order valence-electron chi connectivity index (χ1n) is 10.4. The van der Waals surface area contributed by atoms with Crippen LogP contribution in [0, 0.1) is 0 Å². The summed E-state index contributed by atoms with van der Waals surface area (Å²) in [6, 6.07) is 12.5. The zero-order valence-corrected chi connectivity index (χ0v) is 16.9. The zero-order chi connectivity index (χ0) is 20.3. The predicted molar refractivity (Wildman–Crippen MR) is 115 cm³/mol. The molecule has 0 spiro atoms. The number of anilines is 1. The fourth-order valence-corrected chi connectivity index (χ4v) is 4.15. The standard InChI is InChI=1S/C23H25N5O2/c29-23-20-16-27(9-7-21(20)25-22(26-23)18-2-1-8-24-14-18)15-17-3-5-19(6-4-17)28-10-12-30-13-11-28/h1-6,8,14H,7,9-13,15-16H2,(H,25,26,29). The average Bonchev–Trinajstić information content (AvgIpc) is 2.81. The Morgan fingerprint density at radius 1 is 1.07 bits per heavy atom. The molecule has 1 fully saturated rings. The number of aromatic nitrogens is 3. The molecule has 1 N–H and O–H groups in total. The van der Waals surface area contributed by atoms with Gasteiger partial charge in [0.15, 0.2) is 0 Å². The lowest BCUT2D eigenvalue weighted by molar-refractivity contribution is 0.122. The average molecular weight is 403 g/mol. The number of fused-ring (bicyclic) bond motifs is 1. The summed E-state index contributed by atoms with van der Waals surface area (Å²) in [7, 11) is 0. The highest BCUT2D eigenvalue weighted by molar-refractivity contribution is 5.53. The van der Waals surface area contributed by atoms with Crippen molar-refractivity contribution in [2.24, 2.45) is 0 Å². The monoisotopic (exact) mass is 403 g/mol. The van der Waals surface area contributed by atoms with E-state index in [1.165, 1.54) is 11.3 Å². The van der Waals surface area contributed by atoms with E-state index < -0.39 is 0 Å². The first-order chi connectivity index (χ1) is 14.8. The number of hydrogen-bond acceptors (Lipinski definition) is 6. The normalized spacial score (nSPS) is 17.0. The van der Waals surface area contributed by atoms with E-state index in [-0.39, 0.29) is 5.56 Å². The van der Waals surface area contributed by atoms with Crippen LogP contribution in [0.15, 0.2) is 53.6 Å². The Balaban J connectivity index is 1.28. The summed E-state index contributed by atoms with van der Waals surface area (Å²) in [6.45, 7) is 5.81. The van der Waals surface area contributed by atoms with Crippen molar-refractivity contribution in [1.29, 1.82) is 0 Å². The van der Waals surface area contributed by atoms with E-state index in [0.717, 1.165) is 62.6 Å². The van der Waals surface area contributed by atoms with Gasteiger partial charge in [0.05, 0.1) is 24.5 Å². The van der Waals surface area contributed by atoms with Crippen LogP contribution in [0.1, 0.15) is 16.8 Å². The van der Waals surface area contributed by atoms with Crippen LogP contribution in [-0.2, 0) is 24.2 Å². The SMILES string of the molecule is O=c1[nH]c(-c2cccnc2)nc2c1CN(Cc1ccc(N3CCOCC3)cc1)CC2. The second-order valence-electron chi connectivity index (χ2n) is 7.81. The molecular formula is C23H25N5O2. The Morgan fingerprint density at radius 3 is 2.67 bits per heavy atom. The first-order valence-corrected chi connectivity index (χ1v) is 10.4. The van der Waals surface area contributed by atoms with Crippen molar-refractivity contribution in [2.75, 3.05) is 37.7 Å². The molecule has 5 rings (SSSR count). The van der Waals surface area contributed by atoms with Gasteiger partial charge in [0, 0.05) is 62.8 Å². The van der Waals surface area contributed by atoms with E-state index in [2.05, 4.69) is 44.0 Å². The van der Waals surface area contributed by atoms with Crippen LogP contribution in [0.4, 0.5) is 5.69 Å². The van der Waals surface area contributed by atoms with Crippen molar-refractivity contribution >= 4 is 5.69 Å². The molecule has 0 amide bonds. The molecule has 2 aromatic heterocycles. The van der Waals surface area contributed by atoms with E-state index in [4.69, 9.17) is 9.72 Å². The lowest BCUT2D eigenvalue weighted by atomic mass is 10.1. The van der Waals surface area contributed by atoms with Crippen LogP contribution in [0.5, 0.6) is 0 Å². The second kappa shape index (κ2) is 8.38. The molecule has 1 saturated heterocycles. The molecule has 0 unspecified atom stereocenters. The number of nitrogens with zero attached hydrogens (tertiary/aromatic N) is 4. The third-order valence-corrected chi connectivity index (χ3v) is 5.80. The number of aromatic amines is 1. The van der Waals surface area contributed by atoms with Crippen molar-refractivity contribution < 1.29 is 4.74 Å². The topological polar surface area (TPSA) is 74.4 Å². The number of rotatable bonds is 4. The van der Waals surface area contributed by atoms with Crippen molar-refractivity contribution in [3.8, 4) is 11.4 Å². The minimum Gasteiger partial charge on any atom is -0.378 e. The molecule has 154 valence electrons. The van der Waals surface area contributed by atoms with Crippen LogP contribution >= 0.6 is 0 Å². The lowest BCUT2D eigenvalue weighted by Gasteiger charge is -2.30. The van der Waals surface area contributed by atoms with E-state index in [0.29, 0.717) is 12.4 Å². The molecule has 2 aliphatic heterocycles. The molecule has 0 atom stereocenters. The maximum atomic E-state index is 12.7.